The number of amides is 1. The van der Waals surface area contributed by atoms with Crippen LogP contribution in [0.2, 0.25) is 0 Å². The number of aromatic amines is 1. The molecule has 0 aliphatic carbocycles. The lowest BCUT2D eigenvalue weighted by Crippen LogP contribution is -2.56. The third kappa shape index (κ3) is 2.88. The second-order valence-corrected chi connectivity index (χ2v) is 5.30. The lowest BCUT2D eigenvalue weighted by Gasteiger charge is -2.31. The van der Waals surface area contributed by atoms with Gasteiger partial charge in [0.2, 0.25) is 5.91 Å². The number of imidazole rings is 1. The number of hydrogen-bond donors (Lipinski definition) is 3. The van der Waals surface area contributed by atoms with E-state index in [4.69, 9.17) is 10.5 Å². The Morgan fingerprint density at radius 2 is 2.24 bits per heavy atom. The number of ether oxygens (including phenoxy) is 1. The summed E-state index contributed by atoms with van der Waals surface area (Å²) in [5.74, 6) is 0.0295. The molecular formula is C14H17FN4O2. The van der Waals surface area contributed by atoms with Gasteiger partial charge in [0.1, 0.15) is 11.6 Å². The lowest BCUT2D eigenvalue weighted by atomic mass is 9.90. The maximum absolute atomic E-state index is 13.1. The maximum Gasteiger partial charge on any atom is 0.240 e. The monoisotopic (exact) mass is 292 g/mol. The molecule has 112 valence electrons. The van der Waals surface area contributed by atoms with Gasteiger partial charge >= 0.3 is 0 Å². The van der Waals surface area contributed by atoms with Gasteiger partial charge in [-0.3, -0.25) is 4.79 Å². The van der Waals surface area contributed by atoms with Crippen molar-refractivity contribution in [3.05, 3.63) is 29.8 Å². The molecule has 1 saturated heterocycles. The number of benzene rings is 1. The van der Waals surface area contributed by atoms with Gasteiger partial charge in [-0.2, -0.15) is 0 Å². The number of nitrogens with one attached hydrogen (secondary N) is 2. The minimum absolute atomic E-state index is 0.211. The Hall–Kier alpha value is -1.99. The zero-order chi connectivity index (χ0) is 14.9. The van der Waals surface area contributed by atoms with E-state index < -0.39 is 5.54 Å². The Kier molecular flexibility index (Phi) is 3.60. The predicted molar refractivity (Wildman–Crippen MR) is 74.9 cm³/mol. The van der Waals surface area contributed by atoms with E-state index in [0.717, 1.165) is 0 Å². The van der Waals surface area contributed by atoms with Crippen molar-refractivity contribution in [3.63, 3.8) is 0 Å². The molecule has 0 unspecified atom stereocenters. The molecule has 1 fully saturated rings. The summed E-state index contributed by atoms with van der Waals surface area (Å²) in [6.45, 7) is 1.22. The standard InChI is InChI=1S/C14H17FN4O2/c15-9-1-2-10-11(7-9)19-12(18-10)8-17-13(20)14(16)3-5-21-6-4-14/h1-2,7H,3-6,8,16H2,(H,17,20)(H,18,19). The first-order valence-corrected chi connectivity index (χ1v) is 6.86. The fourth-order valence-corrected chi connectivity index (χ4v) is 2.42. The van der Waals surface area contributed by atoms with Gasteiger partial charge in [0.15, 0.2) is 0 Å². The van der Waals surface area contributed by atoms with Crippen LogP contribution >= 0.6 is 0 Å². The molecule has 1 amide bonds. The largest absolute Gasteiger partial charge is 0.381 e. The van der Waals surface area contributed by atoms with Crippen molar-refractivity contribution in [3.8, 4) is 0 Å². The molecule has 3 rings (SSSR count). The summed E-state index contributed by atoms with van der Waals surface area (Å²) in [5, 5.41) is 2.78. The van der Waals surface area contributed by atoms with Gasteiger partial charge in [-0.1, -0.05) is 0 Å². The number of rotatable bonds is 3. The van der Waals surface area contributed by atoms with E-state index in [-0.39, 0.29) is 18.3 Å². The van der Waals surface area contributed by atoms with Crippen molar-refractivity contribution in [1.29, 1.82) is 0 Å². The van der Waals surface area contributed by atoms with Gasteiger partial charge < -0.3 is 20.8 Å². The summed E-state index contributed by atoms with van der Waals surface area (Å²) in [5.41, 5.74) is 6.48. The molecule has 0 radical (unpaired) electrons. The van der Waals surface area contributed by atoms with Gasteiger partial charge in [-0.25, -0.2) is 9.37 Å². The number of hydrogen-bond acceptors (Lipinski definition) is 4. The SMILES string of the molecule is NC1(C(=O)NCc2nc3ccc(F)cc3[nH]2)CCOCC1. The Morgan fingerprint density at radius 1 is 1.48 bits per heavy atom. The van der Waals surface area contributed by atoms with Crippen molar-refractivity contribution in [2.45, 2.75) is 24.9 Å². The van der Waals surface area contributed by atoms with Gasteiger partial charge in [0, 0.05) is 13.2 Å². The molecule has 0 bridgehead atoms. The lowest BCUT2D eigenvalue weighted by molar-refractivity contribution is -0.129. The molecule has 0 atom stereocenters. The summed E-state index contributed by atoms with van der Waals surface area (Å²) in [6.07, 6.45) is 1.01. The number of H-pyrrole nitrogens is 1. The van der Waals surface area contributed by atoms with Gasteiger partial charge in [-0.15, -0.1) is 0 Å². The normalized spacial score (nSPS) is 17.8. The summed E-state index contributed by atoms with van der Waals surface area (Å²) in [6, 6.07) is 4.31. The fraction of sp³-hybridized carbons (Fsp3) is 0.429. The first kappa shape index (κ1) is 14.0. The smallest absolute Gasteiger partial charge is 0.240 e. The van der Waals surface area contributed by atoms with Crippen molar-refractivity contribution in [2.24, 2.45) is 5.73 Å². The highest BCUT2D eigenvalue weighted by Crippen LogP contribution is 2.18. The predicted octanol–water partition coefficient (Wildman–Crippen LogP) is 0.826. The van der Waals surface area contributed by atoms with E-state index in [0.29, 0.717) is 42.9 Å². The van der Waals surface area contributed by atoms with Gasteiger partial charge in [0.25, 0.3) is 0 Å². The summed E-state index contributed by atoms with van der Waals surface area (Å²) in [7, 11) is 0. The van der Waals surface area contributed by atoms with Gasteiger partial charge in [0.05, 0.1) is 23.1 Å². The zero-order valence-corrected chi connectivity index (χ0v) is 11.5. The molecule has 0 spiro atoms. The van der Waals surface area contributed by atoms with E-state index in [1.54, 1.807) is 6.07 Å². The van der Waals surface area contributed by atoms with Crippen LogP contribution in [-0.4, -0.2) is 34.6 Å². The van der Waals surface area contributed by atoms with Gasteiger partial charge in [-0.05, 0) is 31.0 Å². The number of nitrogens with two attached hydrogens (primary N) is 1. The quantitative estimate of drug-likeness (QED) is 0.781. The number of fused-ring (bicyclic) bond motifs is 1. The Balaban J connectivity index is 1.67. The van der Waals surface area contributed by atoms with E-state index >= 15 is 0 Å². The Labute approximate surface area is 120 Å². The molecule has 2 aromatic rings. The second kappa shape index (κ2) is 5.42. The van der Waals surface area contributed by atoms with Crippen molar-refractivity contribution in [2.75, 3.05) is 13.2 Å². The van der Waals surface area contributed by atoms with Crippen molar-refractivity contribution < 1.29 is 13.9 Å². The first-order chi connectivity index (χ1) is 10.1. The number of halogens is 1. The molecule has 0 saturated carbocycles. The molecule has 1 aliphatic rings. The van der Waals surface area contributed by atoms with Crippen LogP contribution in [0.1, 0.15) is 18.7 Å². The molecule has 21 heavy (non-hydrogen) atoms. The minimum Gasteiger partial charge on any atom is -0.381 e. The van der Waals surface area contributed by atoms with Crippen molar-refractivity contribution in [1.82, 2.24) is 15.3 Å². The number of carbonyl (C=O) groups is 1. The molecule has 2 heterocycles. The number of nitrogens with zero attached hydrogens (tertiary/aromatic N) is 1. The number of carbonyl (C=O) groups excluding carboxylic acids is 1. The van der Waals surface area contributed by atoms with E-state index in [1.807, 2.05) is 0 Å². The van der Waals surface area contributed by atoms with Crippen LogP contribution < -0.4 is 11.1 Å². The highest BCUT2D eigenvalue weighted by atomic mass is 19.1. The Bertz CT molecular complexity index is 664. The van der Waals surface area contributed by atoms with Crippen LogP contribution in [0.4, 0.5) is 4.39 Å². The van der Waals surface area contributed by atoms with Crippen LogP contribution in [0.3, 0.4) is 0 Å². The van der Waals surface area contributed by atoms with Crippen molar-refractivity contribution >= 4 is 16.9 Å². The minimum atomic E-state index is -0.879. The maximum atomic E-state index is 13.1. The fourth-order valence-electron chi connectivity index (χ4n) is 2.42. The molecule has 4 N–H and O–H groups in total. The second-order valence-electron chi connectivity index (χ2n) is 5.30. The third-order valence-corrected chi connectivity index (χ3v) is 3.75. The summed E-state index contributed by atoms with van der Waals surface area (Å²) < 4.78 is 18.3. The van der Waals surface area contributed by atoms with Crippen LogP contribution in [0.5, 0.6) is 0 Å². The van der Waals surface area contributed by atoms with E-state index in [2.05, 4.69) is 15.3 Å². The molecule has 1 aliphatic heterocycles. The topological polar surface area (TPSA) is 93.0 Å². The first-order valence-electron chi connectivity index (χ1n) is 6.86. The average molecular weight is 292 g/mol. The molecule has 1 aromatic carbocycles. The molecule has 1 aromatic heterocycles. The van der Waals surface area contributed by atoms with E-state index in [1.165, 1.54) is 12.1 Å². The van der Waals surface area contributed by atoms with Crippen LogP contribution in [0.25, 0.3) is 11.0 Å². The third-order valence-electron chi connectivity index (χ3n) is 3.75. The molecule has 7 heteroatoms. The number of aromatic nitrogens is 2. The zero-order valence-electron chi connectivity index (χ0n) is 11.5. The molecule has 6 nitrogen and oxygen atoms in total. The van der Waals surface area contributed by atoms with Crippen LogP contribution in [-0.2, 0) is 16.1 Å². The molecular weight excluding hydrogens is 275 g/mol. The van der Waals surface area contributed by atoms with Crippen LogP contribution in [0.15, 0.2) is 18.2 Å². The highest BCUT2D eigenvalue weighted by Gasteiger charge is 2.35. The average Bonchev–Trinajstić information content (AvgIpc) is 2.87. The highest BCUT2D eigenvalue weighted by molar-refractivity contribution is 5.86. The van der Waals surface area contributed by atoms with Crippen LogP contribution in [0, 0.1) is 5.82 Å². The Morgan fingerprint density at radius 3 is 3.00 bits per heavy atom. The van der Waals surface area contributed by atoms with E-state index in [9.17, 15) is 9.18 Å². The summed E-state index contributed by atoms with van der Waals surface area (Å²) in [4.78, 5) is 19.4. The summed E-state index contributed by atoms with van der Waals surface area (Å²) >= 11 is 0.